The van der Waals surface area contributed by atoms with Crippen molar-refractivity contribution in [1.29, 1.82) is 0 Å². The van der Waals surface area contributed by atoms with Crippen molar-refractivity contribution < 1.29 is 0 Å². The van der Waals surface area contributed by atoms with Crippen LogP contribution in [0.4, 0.5) is 0 Å². The van der Waals surface area contributed by atoms with E-state index in [1.807, 2.05) is 0 Å². The molecule has 4 unspecified atom stereocenters. The smallest absolute Gasteiger partial charge is 0.00174 e. The van der Waals surface area contributed by atoms with Crippen LogP contribution < -0.4 is 5.32 Å². The Morgan fingerprint density at radius 2 is 1.50 bits per heavy atom. The quantitative estimate of drug-likeness (QED) is 0.532. The van der Waals surface area contributed by atoms with E-state index in [1.165, 1.54) is 51.6 Å². The molecular weight excluding hydrogens is 290 g/mol. The van der Waals surface area contributed by atoms with E-state index < -0.39 is 0 Å². The minimum absolute atomic E-state index is 0.431. The number of hydrogen-bond acceptors (Lipinski definition) is 1. The van der Waals surface area contributed by atoms with Crippen LogP contribution in [0.15, 0.2) is 11.6 Å². The molecule has 2 saturated carbocycles. The molecule has 0 radical (unpaired) electrons. The summed E-state index contributed by atoms with van der Waals surface area (Å²) in [6, 6.07) is 0. The van der Waals surface area contributed by atoms with E-state index in [0.29, 0.717) is 10.8 Å². The molecule has 0 aromatic carbocycles. The first-order chi connectivity index (χ1) is 11.2. The molecule has 1 nitrogen and oxygen atoms in total. The van der Waals surface area contributed by atoms with Gasteiger partial charge in [-0.2, -0.15) is 0 Å². The molecule has 1 saturated heterocycles. The van der Waals surface area contributed by atoms with Gasteiger partial charge in [0.25, 0.3) is 0 Å². The second-order valence-electron chi connectivity index (χ2n) is 11.2. The molecule has 1 aliphatic heterocycles. The topological polar surface area (TPSA) is 12.0 Å². The summed E-state index contributed by atoms with van der Waals surface area (Å²) in [5.74, 6) is 4.93. The van der Waals surface area contributed by atoms with Gasteiger partial charge in [0.15, 0.2) is 0 Å². The Labute approximate surface area is 151 Å². The van der Waals surface area contributed by atoms with Gasteiger partial charge in [0.2, 0.25) is 0 Å². The molecule has 0 aromatic heterocycles. The lowest BCUT2D eigenvalue weighted by atomic mass is 9.69. The first kappa shape index (κ1) is 18.5. The summed E-state index contributed by atoms with van der Waals surface area (Å²) < 4.78 is 0. The lowest BCUT2D eigenvalue weighted by Gasteiger charge is -2.40. The van der Waals surface area contributed by atoms with Crippen molar-refractivity contribution in [1.82, 2.24) is 5.32 Å². The van der Waals surface area contributed by atoms with Crippen molar-refractivity contribution in [3.05, 3.63) is 11.6 Å². The number of fused-ring (bicyclic) bond motifs is 4. The van der Waals surface area contributed by atoms with E-state index in [9.17, 15) is 0 Å². The van der Waals surface area contributed by atoms with E-state index in [0.717, 1.165) is 29.6 Å². The maximum Gasteiger partial charge on any atom is -0.00174 e. The number of piperidine rings is 1. The molecule has 138 valence electrons. The number of nitrogens with one attached hydrogen (secondary N) is 1. The highest BCUT2D eigenvalue weighted by Crippen LogP contribution is 2.49. The Bertz CT molecular complexity index is 445. The van der Waals surface area contributed by atoms with Crippen LogP contribution in [0, 0.1) is 40.4 Å². The second-order valence-corrected chi connectivity index (χ2v) is 11.2. The van der Waals surface area contributed by atoms with E-state index >= 15 is 0 Å². The van der Waals surface area contributed by atoms with Crippen molar-refractivity contribution in [2.45, 2.75) is 80.1 Å². The Kier molecular flexibility index (Phi) is 5.23. The number of rotatable bonds is 0. The van der Waals surface area contributed by atoms with Crippen molar-refractivity contribution in [3.63, 3.8) is 0 Å². The van der Waals surface area contributed by atoms with E-state index in [4.69, 9.17) is 0 Å². The Balaban J connectivity index is 0.000000141. The normalized spacial score (nSPS) is 38.4. The lowest BCUT2D eigenvalue weighted by Crippen LogP contribution is -2.43. The largest absolute Gasteiger partial charge is 0.316 e. The SMILES string of the molecule is CC(C)(C)C1=CCC2CCC1C2.CC(C)(C)C1C2CCC1CNC2. The van der Waals surface area contributed by atoms with Gasteiger partial charge in [-0.1, -0.05) is 53.2 Å². The van der Waals surface area contributed by atoms with Crippen LogP contribution in [-0.4, -0.2) is 13.1 Å². The summed E-state index contributed by atoms with van der Waals surface area (Å²) in [5.41, 5.74) is 2.71. The predicted octanol–water partition coefficient (Wildman–Crippen LogP) is 6.06. The summed E-state index contributed by atoms with van der Waals surface area (Å²) in [5, 5.41) is 3.55. The van der Waals surface area contributed by atoms with Crippen LogP contribution >= 0.6 is 0 Å². The van der Waals surface area contributed by atoms with Gasteiger partial charge in [-0.3, -0.25) is 0 Å². The van der Waals surface area contributed by atoms with Gasteiger partial charge >= 0.3 is 0 Å². The third kappa shape index (κ3) is 3.92. The van der Waals surface area contributed by atoms with Crippen molar-refractivity contribution in [3.8, 4) is 0 Å². The van der Waals surface area contributed by atoms with Crippen LogP contribution in [0.5, 0.6) is 0 Å². The van der Waals surface area contributed by atoms with Gasteiger partial charge in [-0.15, -0.1) is 0 Å². The second kappa shape index (κ2) is 6.78. The maximum absolute atomic E-state index is 3.55. The van der Waals surface area contributed by atoms with Gasteiger partial charge in [-0.05, 0) is 92.0 Å². The average molecular weight is 332 g/mol. The highest BCUT2D eigenvalue weighted by atomic mass is 14.9. The minimum Gasteiger partial charge on any atom is -0.316 e. The first-order valence-electron chi connectivity index (χ1n) is 10.6. The third-order valence-corrected chi connectivity index (χ3v) is 7.26. The van der Waals surface area contributed by atoms with Crippen LogP contribution in [0.25, 0.3) is 0 Å². The summed E-state index contributed by atoms with van der Waals surface area (Å²) in [6.07, 6.45) is 11.3. The molecule has 0 spiro atoms. The maximum atomic E-state index is 3.55. The van der Waals surface area contributed by atoms with Gasteiger partial charge in [0.1, 0.15) is 0 Å². The highest BCUT2D eigenvalue weighted by molar-refractivity contribution is 5.20. The Morgan fingerprint density at radius 1 is 0.875 bits per heavy atom. The molecular formula is C23H41N. The fourth-order valence-corrected chi connectivity index (χ4v) is 6.45. The van der Waals surface area contributed by atoms with Crippen LogP contribution in [0.3, 0.4) is 0 Å². The molecule has 4 aliphatic rings. The molecule has 3 aliphatic carbocycles. The molecule has 0 amide bonds. The molecule has 0 aromatic rings. The molecule has 4 bridgehead atoms. The molecule has 4 atom stereocenters. The lowest BCUT2D eigenvalue weighted by molar-refractivity contribution is 0.109. The van der Waals surface area contributed by atoms with Crippen LogP contribution in [-0.2, 0) is 0 Å². The fourth-order valence-electron chi connectivity index (χ4n) is 6.45. The zero-order chi connectivity index (χ0) is 17.5. The van der Waals surface area contributed by atoms with E-state index in [-0.39, 0.29) is 0 Å². The van der Waals surface area contributed by atoms with E-state index in [1.54, 1.807) is 5.57 Å². The molecule has 3 fully saturated rings. The highest BCUT2D eigenvalue weighted by Gasteiger charge is 2.44. The number of hydrogen-bond donors (Lipinski definition) is 1. The van der Waals surface area contributed by atoms with Gasteiger partial charge < -0.3 is 5.32 Å². The van der Waals surface area contributed by atoms with Gasteiger partial charge in [0, 0.05) is 0 Å². The monoisotopic (exact) mass is 331 g/mol. The third-order valence-electron chi connectivity index (χ3n) is 7.26. The first-order valence-corrected chi connectivity index (χ1v) is 10.6. The standard InChI is InChI=1S/C12H20.C11H21N/c1-12(2,3)11-7-5-9-4-6-10(11)8-9;1-11(2,3)10-8-4-5-9(10)7-12-6-8/h7,9-10H,4-6,8H2,1-3H3;8-10,12H,4-7H2,1-3H3. The average Bonchev–Trinajstić information content (AvgIpc) is 2.96. The molecule has 1 heterocycles. The summed E-state index contributed by atoms with van der Waals surface area (Å²) in [7, 11) is 0. The Hall–Kier alpha value is -0.300. The predicted molar refractivity (Wildman–Crippen MR) is 105 cm³/mol. The van der Waals surface area contributed by atoms with Crippen molar-refractivity contribution in [2.75, 3.05) is 13.1 Å². The van der Waals surface area contributed by atoms with Gasteiger partial charge in [-0.25, -0.2) is 0 Å². The summed E-state index contributed by atoms with van der Waals surface area (Å²) in [6.45, 7) is 16.9. The zero-order valence-electron chi connectivity index (χ0n) is 17.1. The Morgan fingerprint density at radius 3 is 2.00 bits per heavy atom. The summed E-state index contributed by atoms with van der Waals surface area (Å²) >= 11 is 0. The molecule has 1 heteroatoms. The van der Waals surface area contributed by atoms with Crippen LogP contribution in [0.1, 0.15) is 80.1 Å². The molecule has 24 heavy (non-hydrogen) atoms. The van der Waals surface area contributed by atoms with Crippen LogP contribution in [0.2, 0.25) is 0 Å². The van der Waals surface area contributed by atoms with Gasteiger partial charge in [0.05, 0.1) is 0 Å². The van der Waals surface area contributed by atoms with E-state index in [2.05, 4.69) is 52.9 Å². The number of allylic oxidation sites excluding steroid dienone is 2. The minimum atomic E-state index is 0.431. The molecule has 1 N–H and O–H groups in total. The zero-order valence-corrected chi connectivity index (χ0v) is 17.1. The van der Waals surface area contributed by atoms with Crippen molar-refractivity contribution in [2.24, 2.45) is 40.4 Å². The fraction of sp³-hybridized carbons (Fsp3) is 0.913. The summed E-state index contributed by atoms with van der Waals surface area (Å²) in [4.78, 5) is 0. The molecule has 4 rings (SSSR count). The van der Waals surface area contributed by atoms with Crippen molar-refractivity contribution >= 4 is 0 Å².